The fourth-order valence-electron chi connectivity index (χ4n) is 1.41. The van der Waals surface area contributed by atoms with Crippen LogP contribution in [0, 0.1) is 6.92 Å². The first kappa shape index (κ1) is 11.1. The van der Waals surface area contributed by atoms with Gasteiger partial charge in [0.15, 0.2) is 0 Å². The summed E-state index contributed by atoms with van der Waals surface area (Å²) < 4.78 is 1.11. The molecule has 0 saturated carbocycles. The molecule has 0 bridgehead atoms. The van der Waals surface area contributed by atoms with E-state index in [1.807, 2.05) is 18.2 Å². The predicted molar refractivity (Wildman–Crippen MR) is 68.2 cm³/mol. The Bertz CT molecular complexity index is 471. The minimum absolute atomic E-state index is 0.708. The van der Waals surface area contributed by atoms with Crippen LogP contribution in [0.3, 0.4) is 0 Å². The van der Waals surface area contributed by atoms with Gasteiger partial charge in [-0.3, -0.25) is 0 Å². The van der Waals surface area contributed by atoms with Gasteiger partial charge in [0, 0.05) is 16.4 Å². The predicted octanol–water partition coefficient (Wildman–Crippen LogP) is 3.16. The van der Waals surface area contributed by atoms with Gasteiger partial charge in [-0.1, -0.05) is 22.0 Å². The topological polar surface area (TPSA) is 37.8 Å². The molecule has 0 aliphatic heterocycles. The van der Waals surface area contributed by atoms with Crippen LogP contribution in [0.15, 0.2) is 41.3 Å². The summed E-state index contributed by atoms with van der Waals surface area (Å²) in [6.45, 7) is 2.78. The first-order valence-corrected chi connectivity index (χ1v) is 5.80. The maximum absolute atomic E-state index is 4.16. The number of nitrogens with zero attached hydrogens (tertiary/aromatic N) is 2. The summed E-state index contributed by atoms with van der Waals surface area (Å²) in [6.07, 6.45) is 3.31. The molecule has 1 N–H and O–H groups in total. The van der Waals surface area contributed by atoms with Crippen LogP contribution in [-0.4, -0.2) is 9.97 Å². The van der Waals surface area contributed by atoms with Crippen molar-refractivity contribution in [2.24, 2.45) is 0 Å². The fourth-order valence-corrected chi connectivity index (χ4v) is 1.77. The van der Waals surface area contributed by atoms with Crippen LogP contribution in [-0.2, 0) is 6.54 Å². The summed E-state index contributed by atoms with van der Waals surface area (Å²) in [5.74, 6) is 0. The van der Waals surface area contributed by atoms with Crippen molar-refractivity contribution < 1.29 is 0 Å². The van der Waals surface area contributed by atoms with Gasteiger partial charge in [-0.25, -0.2) is 9.97 Å². The molecule has 0 atom stereocenters. The molecular formula is C12H12BrN3. The Morgan fingerprint density at radius 3 is 2.94 bits per heavy atom. The SMILES string of the molecule is Cc1c(Br)cccc1NCc1ccncn1. The Kier molecular flexibility index (Phi) is 3.51. The van der Waals surface area contributed by atoms with Crippen LogP contribution in [0.1, 0.15) is 11.3 Å². The van der Waals surface area contributed by atoms with E-state index in [1.165, 1.54) is 5.56 Å². The van der Waals surface area contributed by atoms with E-state index < -0.39 is 0 Å². The molecule has 0 spiro atoms. The van der Waals surface area contributed by atoms with Crippen molar-refractivity contribution in [3.8, 4) is 0 Å². The second kappa shape index (κ2) is 5.07. The number of nitrogens with one attached hydrogen (secondary N) is 1. The number of hydrogen-bond donors (Lipinski definition) is 1. The van der Waals surface area contributed by atoms with E-state index in [-0.39, 0.29) is 0 Å². The molecule has 4 heteroatoms. The first-order chi connectivity index (χ1) is 7.77. The molecule has 0 aliphatic rings. The largest absolute Gasteiger partial charge is 0.379 e. The lowest BCUT2D eigenvalue weighted by atomic mass is 10.2. The summed E-state index contributed by atoms with van der Waals surface area (Å²) in [5.41, 5.74) is 3.30. The number of rotatable bonds is 3. The second-order valence-corrected chi connectivity index (χ2v) is 4.32. The van der Waals surface area contributed by atoms with E-state index >= 15 is 0 Å². The van der Waals surface area contributed by atoms with Gasteiger partial charge >= 0.3 is 0 Å². The molecule has 2 aromatic rings. The third-order valence-electron chi connectivity index (χ3n) is 2.37. The molecular weight excluding hydrogens is 266 g/mol. The molecule has 3 nitrogen and oxygen atoms in total. The number of anilines is 1. The Labute approximate surface area is 103 Å². The summed E-state index contributed by atoms with van der Waals surface area (Å²) in [5, 5.41) is 3.35. The van der Waals surface area contributed by atoms with Gasteiger partial charge in [0.25, 0.3) is 0 Å². The standard InChI is InChI=1S/C12H12BrN3/c1-9-11(13)3-2-4-12(9)15-7-10-5-6-14-8-16-10/h2-6,8,15H,7H2,1H3. The molecule has 1 aromatic heterocycles. The van der Waals surface area contributed by atoms with Gasteiger partial charge in [-0.05, 0) is 30.7 Å². The number of hydrogen-bond acceptors (Lipinski definition) is 3. The zero-order chi connectivity index (χ0) is 11.4. The van der Waals surface area contributed by atoms with Crippen molar-refractivity contribution in [1.29, 1.82) is 0 Å². The minimum atomic E-state index is 0.708. The maximum atomic E-state index is 4.16. The van der Waals surface area contributed by atoms with E-state index in [2.05, 4.69) is 44.2 Å². The summed E-state index contributed by atoms with van der Waals surface area (Å²) in [4.78, 5) is 8.05. The second-order valence-electron chi connectivity index (χ2n) is 3.47. The summed E-state index contributed by atoms with van der Waals surface area (Å²) in [7, 11) is 0. The molecule has 1 heterocycles. The van der Waals surface area contributed by atoms with E-state index in [9.17, 15) is 0 Å². The number of halogens is 1. The average molecular weight is 278 g/mol. The minimum Gasteiger partial charge on any atom is -0.379 e. The van der Waals surface area contributed by atoms with Gasteiger partial charge in [0.05, 0.1) is 12.2 Å². The molecule has 0 aliphatic carbocycles. The van der Waals surface area contributed by atoms with Crippen molar-refractivity contribution in [3.63, 3.8) is 0 Å². The molecule has 0 amide bonds. The highest BCUT2D eigenvalue weighted by molar-refractivity contribution is 9.10. The van der Waals surface area contributed by atoms with Crippen LogP contribution in [0.5, 0.6) is 0 Å². The van der Waals surface area contributed by atoms with Crippen molar-refractivity contribution >= 4 is 21.6 Å². The first-order valence-electron chi connectivity index (χ1n) is 5.01. The zero-order valence-electron chi connectivity index (χ0n) is 8.94. The van der Waals surface area contributed by atoms with E-state index in [0.29, 0.717) is 6.54 Å². The lowest BCUT2D eigenvalue weighted by molar-refractivity contribution is 1.00. The highest BCUT2D eigenvalue weighted by Crippen LogP contribution is 2.23. The van der Waals surface area contributed by atoms with Gasteiger partial charge in [0.2, 0.25) is 0 Å². The van der Waals surface area contributed by atoms with Crippen LogP contribution in [0.2, 0.25) is 0 Å². The van der Waals surface area contributed by atoms with Gasteiger partial charge in [-0.2, -0.15) is 0 Å². The molecule has 2 rings (SSSR count). The zero-order valence-corrected chi connectivity index (χ0v) is 10.5. The molecule has 1 aromatic carbocycles. The lowest BCUT2D eigenvalue weighted by Gasteiger charge is -2.09. The Balaban J connectivity index is 2.08. The highest BCUT2D eigenvalue weighted by atomic mass is 79.9. The quantitative estimate of drug-likeness (QED) is 0.937. The monoisotopic (exact) mass is 277 g/mol. The van der Waals surface area contributed by atoms with Crippen LogP contribution in [0.25, 0.3) is 0 Å². The van der Waals surface area contributed by atoms with Crippen LogP contribution >= 0.6 is 15.9 Å². The van der Waals surface area contributed by atoms with Gasteiger partial charge < -0.3 is 5.32 Å². The Morgan fingerprint density at radius 2 is 2.19 bits per heavy atom. The highest BCUT2D eigenvalue weighted by Gasteiger charge is 2.01. The molecule has 0 fully saturated rings. The fraction of sp³-hybridized carbons (Fsp3) is 0.167. The molecule has 82 valence electrons. The van der Waals surface area contributed by atoms with E-state index in [1.54, 1.807) is 12.5 Å². The number of benzene rings is 1. The molecule has 0 saturated heterocycles. The molecule has 0 radical (unpaired) electrons. The number of aromatic nitrogens is 2. The van der Waals surface area contributed by atoms with E-state index in [4.69, 9.17) is 0 Å². The maximum Gasteiger partial charge on any atom is 0.115 e. The average Bonchev–Trinajstić information content (AvgIpc) is 2.32. The Hall–Kier alpha value is -1.42. The summed E-state index contributed by atoms with van der Waals surface area (Å²) >= 11 is 3.51. The third kappa shape index (κ3) is 2.58. The molecule has 16 heavy (non-hydrogen) atoms. The summed E-state index contributed by atoms with van der Waals surface area (Å²) in [6, 6.07) is 8.01. The smallest absolute Gasteiger partial charge is 0.115 e. The van der Waals surface area contributed by atoms with Gasteiger partial charge in [-0.15, -0.1) is 0 Å². The lowest BCUT2D eigenvalue weighted by Crippen LogP contribution is -2.03. The van der Waals surface area contributed by atoms with Crippen LogP contribution in [0.4, 0.5) is 5.69 Å². The van der Waals surface area contributed by atoms with Crippen molar-refractivity contribution in [3.05, 3.63) is 52.5 Å². The van der Waals surface area contributed by atoms with Crippen molar-refractivity contribution in [2.45, 2.75) is 13.5 Å². The van der Waals surface area contributed by atoms with Crippen LogP contribution < -0.4 is 5.32 Å². The van der Waals surface area contributed by atoms with Crippen molar-refractivity contribution in [2.75, 3.05) is 5.32 Å². The van der Waals surface area contributed by atoms with Gasteiger partial charge in [0.1, 0.15) is 6.33 Å². The Morgan fingerprint density at radius 1 is 1.31 bits per heavy atom. The van der Waals surface area contributed by atoms with E-state index in [0.717, 1.165) is 15.9 Å². The molecule has 0 unspecified atom stereocenters. The third-order valence-corrected chi connectivity index (χ3v) is 3.23. The van der Waals surface area contributed by atoms with Crippen molar-refractivity contribution in [1.82, 2.24) is 9.97 Å². The normalized spacial score (nSPS) is 10.1.